The van der Waals surface area contributed by atoms with Gasteiger partial charge in [0.1, 0.15) is 0 Å². The Labute approximate surface area is 138 Å². The topological polar surface area (TPSA) is 0 Å². The summed E-state index contributed by atoms with van der Waals surface area (Å²) in [6.07, 6.45) is 1.07. The second-order valence-electron chi connectivity index (χ2n) is 5.50. The predicted octanol–water partition coefficient (Wildman–Crippen LogP) is 6.29. The van der Waals surface area contributed by atoms with Crippen molar-refractivity contribution in [3.8, 4) is 0 Å². The van der Waals surface area contributed by atoms with Crippen LogP contribution in [0.3, 0.4) is 0 Å². The SMILES string of the molecule is CC(C)c1ccc(CC(CBr)c2ccc(Br)cc2)cc1. The van der Waals surface area contributed by atoms with Crippen LogP contribution in [-0.2, 0) is 6.42 Å². The molecule has 2 aromatic carbocycles. The molecule has 2 heteroatoms. The summed E-state index contributed by atoms with van der Waals surface area (Å²) in [5, 5.41) is 0.987. The Balaban J connectivity index is 2.11. The fourth-order valence-electron chi connectivity index (χ4n) is 2.32. The molecule has 0 radical (unpaired) electrons. The van der Waals surface area contributed by atoms with Crippen molar-refractivity contribution in [2.45, 2.75) is 32.1 Å². The highest BCUT2D eigenvalue weighted by Crippen LogP contribution is 2.25. The summed E-state index contributed by atoms with van der Waals surface area (Å²) in [6, 6.07) is 17.7. The molecule has 106 valence electrons. The fourth-order valence-corrected chi connectivity index (χ4v) is 3.19. The van der Waals surface area contributed by atoms with Gasteiger partial charge in [0.05, 0.1) is 0 Å². The van der Waals surface area contributed by atoms with E-state index in [2.05, 4.69) is 94.2 Å². The highest BCUT2D eigenvalue weighted by Gasteiger charge is 2.11. The van der Waals surface area contributed by atoms with E-state index in [1.807, 2.05) is 0 Å². The van der Waals surface area contributed by atoms with Crippen LogP contribution in [0.4, 0.5) is 0 Å². The molecule has 2 aromatic rings. The van der Waals surface area contributed by atoms with Crippen LogP contribution in [0.15, 0.2) is 53.0 Å². The Morgan fingerprint density at radius 3 is 1.90 bits per heavy atom. The van der Waals surface area contributed by atoms with Gasteiger partial charge in [-0.1, -0.05) is 82.1 Å². The third kappa shape index (κ3) is 4.20. The summed E-state index contributed by atoms with van der Waals surface area (Å²) in [5.74, 6) is 1.12. The minimum absolute atomic E-state index is 0.521. The van der Waals surface area contributed by atoms with Gasteiger partial charge in [-0.25, -0.2) is 0 Å². The molecule has 0 aliphatic rings. The third-order valence-corrected chi connectivity index (χ3v) is 4.97. The monoisotopic (exact) mass is 394 g/mol. The maximum absolute atomic E-state index is 3.65. The van der Waals surface area contributed by atoms with Crippen molar-refractivity contribution in [1.82, 2.24) is 0 Å². The Bertz CT molecular complexity index is 526. The normalized spacial score (nSPS) is 12.7. The number of hydrogen-bond acceptors (Lipinski definition) is 0. The molecule has 0 saturated carbocycles. The van der Waals surface area contributed by atoms with Crippen LogP contribution < -0.4 is 0 Å². The number of alkyl halides is 1. The van der Waals surface area contributed by atoms with Crippen molar-refractivity contribution in [2.75, 3.05) is 5.33 Å². The third-order valence-electron chi connectivity index (χ3n) is 3.66. The highest BCUT2D eigenvalue weighted by atomic mass is 79.9. The molecule has 1 unspecified atom stereocenters. The van der Waals surface area contributed by atoms with Gasteiger partial charge in [0.25, 0.3) is 0 Å². The molecule has 0 spiro atoms. The zero-order chi connectivity index (χ0) is 14.5. The van der Waals surface area contributed by atoms with Gasteiger partial charge < -0.3 is 0 Å². The van der Waals surface area contributed by atoms with Gasteiger partial charge >= 0.3 is 0 Å². The van der Waals surface area contributed by atoms with Crippen molar-refractivity contribution in [3.05, 3.63) is 69.7 Å². The molecule has 0 aliphatic heterocycles. The van der Waals surface area contributed by atoms with Crippen LogP contribution >= 0.6 is 31.9 Å². The molecule has 0 saturated heterocycles. The zero-order valence-electron chi connectivity index (χ0n) is 11.9. The molecule has 0 aromatic heterocycles. The summed E-state index contributed by atoms with van der Waals surface area (Å²) < 4.78 is 1.14. The lowest BCUT2D eigenvalue weighted by Gasteiger charge is -2.15. The molecule has 1 atom stereocenters. The smallest absolute Gasteiger partial charge is 0.0175 e. The van der Waals surface area contributed by atoms with E-state index < -0.39 is 0 Å². The minimum atomic E-state index is 0.521. The fraction of sp³-hybridized carbons (Fsp3) is 0.333. The van der Waals surface area contributed by atoms with Crippen molar-refractivity contribution in [3.63, 3.8) is 0 Å². The molecule has 0 fully saturated rings. The molecule has 2 rings (SSSR count). The standard InChI is InChI=1S/C18H20Br2/c1-13(2)15-5-3-14(4-6-15)11-17(12-19)16-7-9-18(20)10-8-16/h3-10,13,17H,11-12H2,1-2H3. The first-order valence-electron chi connectivity index (χ1n) is 7.00. The predicted molar refractivity (Wildman–Crippen MR) is 94.9 cm³/mol. The van der Waals surface area contributed by atoms with E-state index in [1.54, 1.807) is 0 Å². The molecule has 0 aliphatic carbocycles. The average molecular weight is 396 g/mol. The van der Waals surface area contributed by atoms with Crippen LogP contribution in [0.2, 0.25) is 0 Å². The largest absolute Gasteiger partial charge is 0.0921 e. The summed E-state index contributed by atoms with van der Waals surface area (Å²) in [4.78, 5) is 0. The van der Waals surface area contributed by atoms with Crippen LogP contribution in [0.5, 0.6) is 0 Å². The molecule has 0 heterocycles. The average Bonchev–Trinajstić information content (AvgIpc) is 2.46. The molecule has 0 bridgehead atoms. The van der Waals surface area contributed by atoms with Gasteiger partial charge in [0, 0.05) is 9.80 Å². The number of halogens is 2. The number of hydrogen-bond donors (Lipinski definition) is 0. The van der Waals surface area contributed by atoms with Gasteiger partial charge in [-0.05, 0) is 47.1 Å². The molecule has 0 amide bonds. The molecule has 0 nitrogen and oxygen atoms in total. The number of benzene rings is 2. The minimum Gasteiger partial charge on any atom is -0.0921 e. The molecule has 20 heavy (non-hydrogen) atoms. The van der Waals surface area contributed by atoms with Crippen LogP contribution in [0.25, 0.3) is 0 Å². The van der Waals surface area contributed by atoms with Gasteiger partial charge in [-0.15, -0.1) is 0 Å². The zero-order valence-corrected chi connectivity index (χ0v) is 15.1. The molecular weight excluding hydrogens is 376 g/mol. The number of rotatable bonds is 5. The van der Waals surface area contributed by atoms with Crippen molar-refractivity contribution in [2.24, 2.45) is 0 Å². The first-order chi connectivity index (χ1) is 9.60. The van der Waals surface area contributed by atoms with E-state index in [4.69, 9.17) is 0 Å². The van der Waals surface area contributed by atoms with E-state index in [9.17, 15) is 0 Å². The lowest BCUT2D eigenvalue weighted by molar-refractivity contribution is 0.773. The molecule has 0 N–H and O–H groups in total. The summed E-state index contributed by atoms with van der Waals surface area (Å²) in [6.45, 7) is 4.47. The maximum atomic E-state index is 3.65. The Morgan fingerprint density at radius 1 is 0.850 bits per heavy atom. The second kappa shape index (κ2) is 7.42. The van der Waals surface area contributed by atoms with Gasteiger partial charge in [0.2, 0.25) is 0 Å². The van der Waals surface area contributed by atoms with E-state index in [1.165, 1.54) is 16.7 Å². The maximum Gasteiger partial charge on any atom is 0.0175 e. The summed E-state index contributed by atoms with van der Waals surface area (Å²) >= 11 is 7.15. The van der Waals surface area contributed by atoms with E-state index in [0.29, 0.717) is 11.8 Å². The van der Waals surface area contributed by atoms with E-state index in [0.717, 1.165) is 16.2 Å². The van der Waals surface area contributed by atoms with Gasteiger partial charge in [-0.2, -0.15) is 0 Å². The van der Waals surface area contributed by atoms with Gasteiger partial charge in [0.15, 0.2) is 0 Å². The summed E-state index contributed by atoms with van der Waals surface area (Å²) in [7, 11) is 0. The Morgan fingerprint density at radius 2 is 1.40 bits per heavy atom. The lowest BCUT2D eigenvalue weighted by Crippen LogP contribution is -2.04. The summed E-state index contributed by atoms with van der Waals surface area (Å²) in [5.41, 5.74) is 4.20. The second-order valence-corrected chi connectivity index (χ2v) is 7.07. The highest BCUT2D eigenvalue weighted by molar-refractivity contribution is 9.10. The first kappa shape index (κ1) is 15.8. The van der Waals surface area contributed by atoms with Crippen LogP contribution in [0.1, 0.15) is 42.4 Å². The van der Waals surface area contributed by atoms with Gasteiger partial charge in [-0.3, -0.25) is 0 Å². The van der Waals surface area contributed by atoms with Crippen molar-refractivity contribution >= 4 is 31.9 Å². The van der Waals surface area contributed by atoms with Crippen molar-refractivity contribution in [1.29, 1.82) is 0 Å². The molecular formula is C18H20Br2. The Kier molecular flexibility index (Phi) is 5.86. The van der Waals surface area contributed by atoms with Crippen LogP contribution in [0, 0.1) is 0 Å². The first-order valence-corrected chi connectivity index (χ1v) is 8.92. The van der Waals surface area contributed by atoms with E-state index >= 15 is 0 Å². The Hall–Kier alpha value is -0.600. The lowest BCUT2D eigenvalue weighted by atomic mass is 9.92. The quantitative estimate of drug-likeness (QED) is 0.521. The van der Waals surface area contributed by atoms with E-state index in [-0.39, 0.29) is 0 Å². The van der Waals surface area contributed by atoms with Crippen LogP contribution in [-0.4, -0.2) is 5.33 Å². The van der Waals surface area contributed by atoms with Crippen molar-refractivity contribution < 1.29 is 0 Å².